The van der Waals surface area contributed by atoms with Crippen LogP contribution in [0.5, 0.6) is 5.75 Å². The summed E-state index contributed by atoms with van der Waals surface area (Å²) in [6, 6.07) is 14.8. The Labute approximate surface area is 237 Å². The number of aromatic nitrogens is 5. The number of aryl methyl sites for hydroxylation is 2. The normalized spacial score (nSPS) is 11.3. The van der Waals surface area contributed by atoms with Crippen LogP contribution >= 0.6 is 0 Å². The molecule has 0 unspecified atom stereocenters. The van der Waals surface area contributed by atoms with E-state index in [0.29, 0.717) is 29.1 Å². The minimum atomic E-state index is -4.80. The van der Waals surface area contributed by atoms with Gasteiger partial charge in [0.25, 0.3) is 5.91 Å². The fraction of sp³-hybridized carbons (Fsp3) is 0.138. The maximum absolute atomic E-state index is 15.1. The Kier molecular flexibility index (Phi) is 7.82. The molecule has 3 aromatic carbocycles. The number of amides is 1. The van der Waals surface area contributed by atoms with Gasteiger partial charge in [0.1, 0.15) is 24.2 Å². The predicted octanol–water partition coefficient (Wildman–Crippen LogP) is 6.43. The van der Waals surface area contributed by atoms with Crippen LogP contribution in [0.1, 0.15) is 27.0 Å². The van der Waals surface area contributed by atoms with Crippen molar-refractivity contribution in [3.05, 3.63) is 108 Å². The molecule has 0 saturated carbocycles. The second-order valence-corrected chi connectivity index (χ2v) is 9.31. The number of alkyl halides is 3. The van der Waals surface area contributed by atoms with Crippen molar-refractivity contribution in [2.24, 2.45) is 0 Å². The Morgan fingerprint density at radius 2 is 1.76 bits per heavy atom. The number of hydrogen-bond donors (Lipinski definition) is 2. The van der Waals surface area contributed by atoms with Crippen LogP contribution < -0.4 is 15.4 Å². The molecular weight excluding hydrogens is 554 g/mol. The van der Waals surface area contributed by atoms with Gasteiger partial charge in [-0.1, -0.05) is 12.1 Å². The molecule has 0 radical (unpaired) electrons. The molecule has 9 nitrogen and oxygen atoms in total. The highest BCUT2D eigenvalue weighted by atomic mass is 19.4. The molecule has 2 aromatic heterocycles. The van der Waals surface area contributed by atoms with Gasteiger partial charge in [-0.05, 0) is 79.1 Å². The molecule has 5 rings (SSSR count). The molecular formula is C29H23F4N7O2. The fourth-order valence-corrected chi connectivity index (χ4v) is 4.09. The first kappa shape index (κ1) is 28.2. The van der Waals surface area contributed by atoms with E-state index < -0.39 is 18.1 Å². The summed E-state index contributed by atoms with van der Waals surface area (Å²) in [5, 5.41) is 9.69. The molecule has 42 heavy (non-hydrogen) atoms. The number of halogens is 4. The summed E-state index contributed by atoms with van der Waals surface area (Å²) in [5.41, 5.74) is 4.04. The highest BCUT2D eigenvalue weighted by molar-refractivity contribution is 6.05. The van der Waals surface area contributed by atoms with E-state index in [1.54, 1.807) is 17.9 Å². The van der Waals surface area contributed by atoms with Gasteiger partial charge < -0.3 is 15.4 Å². The maximum atomic E-state index is 15.1. The second kappa shape index (κ2) is 11.6. The Morgan fingerprint density at radius 3 is 2.45 bits per heavy atom. The first-order chi connectivity index (χ1) is 20.0. The van der Waals surface area contributed by atoms with E-state index >= 15 is 4.39 Å². The monoisotopic (exact) mass is 577 g/mol. The summed E-state index contributed by atoms with van der Waals surface area (Å²) in [6.07, 6.45) is -0.267. The highest BCUT2D eigenvalue weighted by Crippen LogP contribution is 2.28. The van der Waals surface area contributed by atoms with Crippen LogP contribution in [0.2, 0.25) is 0 Å². The van der Waals surface area contributed by atoms with Gasteiger partial charge in [0, 0.05) is 23.0 Å². The van der Waals surface area contributed by atoms with Gasteiger partial charge in [0.05, 0.1) is 17.9 Å². The van der Waals surface area contributed by atoms with Crippen LogP contribution in [0.3, 0.4) is 0 Å². The van der Waals surface area contributed by atoms with Gasteiger partial charge in [-0.3, -0.25) is 4.79 Å². The van der Waals surface area contributed by atoms with Crippen LogP contribution in [0.4, 0.5) is 34.9 Å². The van der Waals surface area contributed by atoms with Gasteiger partial charge in [0.2, 0.25) is 5.95 Å². The third-order valence-corrected chi connectivity index (χ3v) is 6.17. The van der Waals surface area contributed by atoms with Crippen molar-refractivity contribution in [1.29, 1.82) is 0 Å². The van der Waals surface area contributed by atoms with Crippen molar-refractivity contribution < 1.29 is 27.1 Å². The minimum absolute atomic E-state index is 0.0290. The fourth-order valence-electron chi connectivity index (χ4n) is 4.09. The number of carbonyl (C=O) groups excluding carboxylic acids is 1. The smallest absolute Gasteiger partial charge is 0.406 e. The van der Waals surface area contributed by atoms with E-state index in [9.17, 15) is 18.0 Å². The lowest BCUT2D eigenvalue weighted by Gasteiger charge is -2.13. The largest absolute Gasteiger partial charge is 0.573 e. The molecule has 0 saturated heterocycles. The summed E-state index contributed by atoms with van der Waals surface area (Å²) in [7, 11) is 0. The van der Waals surface area contributed by atoms with Crippen molar-refractivity contribution in [1.82, 2.24) is 24.7 Å². The minimum Gasteiger partial charge on any atom is -0.406 e. The molecule has 0 fully saturated rings. The molecule has 214 valence electrons. The first-order valence-electron chi connectivity index (χ1n) is 12.5. The van der Waals surface area contributed by atoms with Gasteiger partial charge in [-0.25, -0.2) is 24.0 Å². The summed E-state index contributed by atoms with van der Waals surface area (Å²) in [4.78, 5) is 25.4. The molecule has 0 aliphatic rings. The number of hydrogen-bond acceptors (Lipinski definition) is 7. The summed E-state index contributed by atoms with van der Waals surface area (Å²) < 4.78 is 58.0. The first-order valence-corrected chi connectivity index (χ1v) is 12.5. The van der Waals surface area contributed by atoms with Gasteiger partial charge in [-0.15, -0.1) is 13.2 Å². The van der Waals surface area contributed by atoms with Crippen LogP contribution in [-0.4, -0.2) is 37.0 Å². The van der Waals surface area contributed by atoms with Crippen molar-refractivity contribution >= 4 is 23.2 Å². The SMILES string of the molecule is Cc1ccc(Cn2cncn2)cc1NC(=O)c1ccc(Nc2ncc(C)c(-c3ccc(OC(F)(F)F)cc3)n2)c(F)c1. The van der Waals surface area contributed by atoms with E-state index in [1.165, 1.54) is 48.9 Å². The van der Waals surface area contributed by atoms with Crippen molar-refractivity contribution in [3.63, 3.8) is 0 Å². The average Bonchev–Trinajstić information content (AvgIpc) is 3.45. The Hall–Kier alpha value is -5.33. The molecule has 0 aliphatic carbocycles. The Bertz CT molecular complexity index is 1720. The summed E-state index contributed by atoms with van der Waals surface area (Å²) >= 11 is 0. The zero-order valence-corrected chi connectivity index (χ0v) is 22.3. The summed E-state index contributed by atoms with van der Waals surface area (Å²) in [5.74, 6) is -1.51. The van der Waals surface area contributed by atoms with Crippen molar-refractivity contribution in [2.75, 3.05) is 10.6 Å². The lowest BCUT2D eigenvalue weighted by atomic mass is 10.1. The molecule has 0 atom stereocenters. The zero-order valence-electron chi connectivity index (χ0n) is 22.3. The number of ether oxygens (including phenoxy) is 1. The lowest BCUT2D eigenvalue weighted by molar-refractivity contribution is -0.274. The van der Waals surface area contributed by atoms with E-state index in [0.717, 1.165) is 17.2 Å². The molecule has 5 aromatic rings. The number of anilines is 3. The molecule has 1 amide bonds. The number of benzene rings is 3. The van der Waals surface area contributed by atoms with Gasteiger partial charge in [-0.2, -0.15) is 5.10 Å². The summed E-state index contributed by atoms with van der Waals surface area (Å²) in [6.45, 7) is 4.06. The zero-order chi connectivity index (χ0) is 29.9. The number of rotatable bonds is 8. The third kappa shape index (κ3) is 6.86. The van der Waals surface area contributed by atoms with E-state index in [-0.39, 0.29) is 22.9 Å². The molecule has 13 heteroatoms. The number of carbonyl (C=O) groups is 1. The van der Waals surface area contributed by atoms with E-state index in [4.69, 9.17) is 0 Å². The topological polar surface area (TPSA) is 107 Å². The van der Waals surface area contributed by atoms with E-state index in [1.807, 2.05) is 25.1 Å². The van der Waals surface area contributed by atoms with Crippen molar-refractivity contribution in [3.8, 4) is 17.0 Å². The van der Waals surface area contributed by atoms with Crippen LogP contribution in [0.25, 0.3) is 11.3 Å². The standard InChI is InChI=1S/C29H23F4N7O2/c1-17-3-4-19(14-40-16-34-15-36-40)11-25(17)37-27(41)21-7-10-24(23(30)12-21)38-28-35-13-18(2)26(39-28)20-5-8-22(9-6-20)42-29(31,32)33/h3-13,15-16H,14H2,1-2H3,(H,37,41)(H,35,38,39). The Balaban J connectivity index is 1.29. The third-order valence-electron chi connectivity index (χ3n) is 6.17. The van der Waals surface area contributed by atoms with Gasteiger partial charge in [0.15, 0.2) is 0 Å². The molecule has 2 heterocycles. The highest BCUT2D eigenvalue weighted by Gasteiger charge is 2.31. The quantitative estimate of drug-likeness (QED) is 0.205. The van der Waals surface area contributed by atoms with Crippen LogP contribution in [0, 0.1) is 19.7 Å². The predicted molar refractivity (Wildman–Crippen MR) is 147 cm³/mol. The number of nitrogens with zero attached hydrogens (tertiary/aromatic N) is 5. The van der Waals surface area contributed by atoms with E-state index in [2.05, 4.69) is 35.4 Å². The average molecular weight is 578 g/mol. The van der Waals surface area contributed by atoms with Gasteiger partial charge >= 0.3 is 6.36 Å². The lowest BCUT2D eigenvalue weighted by Crippen LogP contribution is -2.16. The number of nitrogens with one attached hydrogen (secondary N) is 2. The molecule has 0 bridgehead atoms. The molecule has 2 N–H and O–H groups in total. The second-order valence-electron chi connectivity index (χ2n) is 9.31. The van der Waals surface area contributed by atoms with Crippen molar-refractivity contribution in [2.45, 2.75) is 26.8 Å². The van der Waals surface area contributed by atoms with Crippen LogP contribution in [-0.2, 0) is 6.54 Å². The molecule has 0 spiro atoms. The molecule has 0 aliphatic heterocycles. The Morgan fingerprint density at radius 1 is 0.976 bits per heavy atom. The maximum Gasteiger partial charge on any atom is 0.573 e. The van der Waals surface area contributed by atoms with Crippen LogP contribution in [0.15, 0.2) is 79.5 Å².